The van der Waals surface area contributed by atoms with E-state index in [0.717, 1.165) is 16.6 Å². The van der Waals surface area contributed by atoms with Gasteiger partial charge in [0.15, 0.2) is 23.3 Å². The van der Waals surface area contributed by atoms with E-state index in [-0.39, 0.29) is 24.3 Å². The summed E-state index contributed by atoms with van der Waals surface area (Å²) in [4.78, 5) is 13.1. The highest BCUT2D eigenvalue weighted by Gasteiger charge is 2.71. The highest BCUT2D eigenvalue weighted by atomic mass is 19.2. The molecule has 2 aromatic carbocycles. The van der Waals surface area contributed by atoms with Gasteiger partial charge < -0.3 is 14.0 Å². The molecule has 9 heteroatoms. The second-order valence-electron chi connectivity index (χ2n) is 9.24. The first-order valence-corrected chi connectivity index (χ1v) is 10.3. The molecule has 3 unspecified atom stereocenters. The van der Waals surface area contributed by atoms with E-state index in [9.17, 15) is 22.4 Å². The smallest absolute Gasteiger partial charge is 0.353 e. The van der Waals surface area contributed by atoms with Crippen LogP contribution in [-0.4, -0.2) is 54.9 Å². The largest absolute Gasteiger partial charge is 0.459 e. The predicted molar refractivity (Wildman–Crippen MR) is 102 cm³/mol. The van der Waals surface area contributed by atoms with Gasteiger partial charge in [0.2, 0.25) is 0 Å². The summed E-state index contributed by atoms with van der Waals surface area (Å²) in [6, 6.07) is 4.30. The van der Waals surface area contributed by atoms with Gasteiger partial charge in [-0.2, -0.15) is 0 Å². The van der Waals surface area contributed by atoms with Crippen molar-refractivity contribution in [1.82, 2.24) is 0 Å². The van der Waals surface area contributed by atoms with Crippen molar-refractivity contribution >= 4 is 5.97 Å². The molecule has 3 fully saturated rings. The van der Waals surface area contributed by atoms with Crippen molar-refractivity contribution in [3.63, 3.8) is 0 Å². The molecule has 2 bridgehead atoms. The zero-order valence-electron chi connectivity index (χ0n) is 17.3. The fraction of sp³-hybridized carbons (Fsp3) is 0.435. The molecule has 170 valence electrons. The molecular weight excluding hydrogens is 433 g/mol. The lowest BCUT2D eigenvalue weighted by Crippen LogP contribution is -2.60. The molecule has 0 N–H and O–H groups in total. The van der Waals surface area contributed by atoms with Gasteiger partial charge in [-0.3, -0.25) is 0 Å². The third kappa shape index (κ3) is 3.05. The maximum atomic E-state index is 16.4. The van der Waals surface area contributed by atoms with E-state index in [1.807, 2.05) is 0 Å². The number of likely N-dealkylation sites (N-methyl/N-ethyl adjacent to an activating group) is 1. The van der Waals surface area contributed by atoms with E-state index < -0.39 is 52.1 Å². The number of carbonyl (C=O) groups is 1. The second-order valence-corrected chi connectivity index (χ2v) is 9.24. The van der Waals surface area contributed by atoms with Crippen molar-refractivity contribution in [1.29, 1.82) is 0 Å². The Labute approximate surface area is 181 Å². The number of nitrogens with zero attached hydrogens (tertiary/aromatic N) is 1. The SMILES string of the molecule is C[N+]1(C)C2CC(OC(=O)C(F)(c3ccc(F)c(F)c3)c3ccc(F)c(F)c3)C[C@H]1[C@H]1OC21. The molecule has 0 spiro atoms. The van der Waals surface area contributed by atoms with Crippen molar-refractivity contribution in [3.05, 3.63) is 70.8 Å². The molecule has 0 amide bonds. The summed E-state index contributed by atoms with van der Waals surface area (Å²) >= 11 is 0. The maximum absolute atomic E-state index is 16.4. The van der Waals surface area contributed by atoms with Crippen LogP contribution < -0.4 is 0 Å². The van der Waals surface area contributed by atoms with Crippen LogP contribution in [0, 0.1) is 23.3 Å². The van der Waals surface area contributed by atoms with Gasteiger partial charge >= 0.3 is 5.97 Å². The Morgan fingerprint density at radius 1 is 0.906 bits per heavy atom. The molecule has 2 aromatic rings. The van der Waals surface area contributed by atoms with E-state index in [1.54, 1.807) is 0 Å². The zero-order chi connectivity index (χ0) is 23.0. The number of rotatable bonds is 4. The molecule has 0 aliphatic carbocycles. The lowest BCUT2D eigenvalue weighted by molar-refractivity contribution is -0.938. The lowest BCUT2D eigenvalue weighted by atomic mass is 9.87. The van der Waals surface area contributed by atoms with Gasteiger partial charge in [-0.05, 0) is 24.3 Å². The second kappa shape index (κ2) is 6.99. The number of alkyl halides is 1. The Hall–Kier alpha value is -2.52. The van der Waals surface area contributed by atoms with Crippen LogP contribution in [0.5, 0.6) is 0 Å². The number of piperidine rings is 1. The number of epoxide rings is 1. The topological polar surface area (TPSA) is 38.8 Å². The summed E-state index contributed by atoms with van der Waals surface area (Å²) in [6.07, 6.45) is 0.424. The van der Waals surface area contributed by atoms with Crippen LogP contribution in [0.1, 0.15) is 24.0 Å². The van der Waals surface area contributed by atoms with Gasteiger partial charge in [0.25, 0.3) is 5.67 Å². The molecule has 3 saturated heterocycles. The number of ether oxygens (including phenoxy) is 2. The molecule has 3 heterocycles. The van der Waals surface area contributed by atoms with Crippen molar-refractivity contribution in [2.75, 3.05) is 14.1 Å². The van der Waals surface area contributed by atoms with Gasteiger partial charge in [-0.25, -0.2) is 26.7 Å². The fourth-order valence-electron chi connectivity index (χ4n) is 5.36. The first-order chi connectivity index (χ1) is 15.0. The minimum absolute atomic E-state index is 0.0752. The molecule has 4 nitrogen and oxygen atoms in total. The summed E-state index contributed by atoms with van der Waals surface area (Å²) in [5.41, 5.74) is -4.31. The summed E-state index contributed by atoms with van der Waals surface area (Å²) in [5, 5.41) is 0. The number of benzene rings is 2. The van der Waals surface area contributed by atoms with E-state index in [0.29, 0.717) is 37.1 Å². The summed E-state index contributed by atoms with van der Waals surface area (Å²) in [7, 11) is 4.15. The van der Waals surface area contributed by atoms with Gasteiger partial charge in [0, 0.05) is 24.0 Å². The van der Waals surface area contributed by atoms with E-state index in [2.05, 4.69) is 14.1 Å². The molecular formula is C23H21F5NO3+. The number of hydrogen-bond donors (Lipinski definition) is 0. The Bertz CT molecular complexity index is 1040. The average Bonchev–Trinajstić information content (AvgIpc) is 3.50. The Morgan fingerprint density at radius 2 is 1.38 bits per heavy atom. The van der Waals surface area contributed by atoms with Crippen LogP contribution in [0.3, 0.4) is 0 Å². The summed E-state index contributed by atoms with van der Waals surface area (Å²) in [6.45, 7) is 0. The van der Waals surface area contributed by atoms with Crippen molar-refractivity contribution in [2.45, 2.75) is 48.9 Å². The first-order valence-electron chi connectivity index (χ1n) is 10.3. The van der Waals surface area contributed by atoms with Gasteiger partial charge in [0.1, 0.15) is 30.4 Å². The number of halogens is 5. The van der Waals surface area contributed by atoms with Gasteiger partial charge in [0.05, 0.1) is 14.1 Å². The third-order valence-corrected chi connectivity index (χ3v) is 7.23. The van der Waals surface area contributed by atoms with E-state index in [1.165, 1.54) is 0 Å². The molecule has 0 radical (unpaired) electrons. The Balaban J connectivity index is 1.48. The van der Waals surface area contributed by atoms with E-state index in [4.69, 9.17) is 9.47 Å². The molecule has 5 rings (SSSR count). The van der Waals surface area contributed by atoms with Crippen molar-refractivity contribution < 1.29 is 40.7 Å². The van der Waals surface area contributed by atoms with Crippen LogP contribution in [0.2, 0.25) is 0 Å². The third-order valence-electron chi connectivity index (χ3n) is 7.23. The Morgan fingerprint density at radius 3 is 1.81 bits per heavy atom. The highest BCUT2D eigenvalue weighted by molar-refractivity contribution is 5.85. The highest BCUT2D eigenvalue weighted by Crippen LogP contribution is 2.52. The van der Waals surface area contributed by atoms with Crippen molar-refractivity contribution in [2.24, 2.45) is 0 Å². The molecule has 0 aromatic heterocycles. The van der Waals surface area contributed by atoms with Crippen LogP contribution in [-0.2, 0) is 19.9 Å². The fourth-order valence-corrected chi connectivity index (χ4v) is 5.36. The van der Waals surface area contributed by atoms with Crippen LogP contribution in [0.15, 0.2) is 36.4 Å². The number of esters is 1. The average molecular weight is 454 g/mol. The lowest BCUT2D eigenvalue weighted by Gasteiger charge is -2.45. The molecule has 32 heavy (non-hydrogen) atoms. The van der Waals surface area contributed by atoms with Crippen LogP contribution >= 0.6 is 0 Å². The van der Waals surface area contributed by atoms with Crippen LogP contribution in [0.4, 0.5) is 22.0 Å². The summed E-state index contributed by atoms with van der Waals surface area (Å²) < 4.78 is 83.0. The number of fused-ring (bicyclic) bond motifs is 5. The predicted octanol–water partition coefficient (Wildman–Crippen LogP) is 3.76. The number of quaternary nitrogens is 1. The van der Waals surface area contributed by atoms with Crippen LogP contribution in [0.25, 0.3) is 0 Å². The molecule has 3 aliphatic heterocycles. The first kappa shape index (κ1) is 21.3. The monoisotopic (exact) mass is 454 g/mol. The Kier molecular flexibility index (Phi) is 4.66. The quantitative estimate of drug-likeness (QED) is 0.306. The standard InChI is InChI=1S/C23H21F5NO3/c1-29(2)18-9-13(10-19(29)21-20(18)32-21)31-22(30)23(28,11-3-5-14(24)16(26)7-11)12-4-6-15(25)17(27)8-12/h3-8,13,18-21H,9-10H2,1-2H3/q+1/t13?,18-,19?,20+,21?/m0/s1. The molecule has 0 saturated carbocycles. The number of morpholine rings is 1. The molecule has 5 atom stereocenters. The molecule has 3 aliphatic rings. The van der Waals surface area contributed by atoms with Crippen molar-refractivity contribution in [3.8, 4) is 0 Å². The van der Waals surface area contributed by atoms with E-state index >= 15 is 4.39 Å². The minimum Gasteiger partial charge on any atom is -0.459 e. The minimum atomic E-state index is -3.16. The summed E-state index contributed by atoms with van der Waals surface area (Å²) in [5.74, 6) is -6.63. The van der Waals surface area contributed by atoms with Gasteiger partial charge in [-0.15, -0.1) is 0 Å². The number of hydrogen-bond acceptors (Lipinski definition) is 3. The number of carbonyl (C=O) groups excluding carboxylic acids is 1. The maximum Gasteiger partial charge on any atom is 0.353 e. The van der Waals surface area contributed by atoms with Gasteiger partial charge in [-0.1, -0.05) is 12.1 Å². The zero-order valence-corrected chi connectivity index (χ0v) is 17.3. The normalized spacial score (nSPS) is 30.0.